The van der Waals surface area contributed by atoms with Gasteiger partial charge >= 0.3 is 0 Å². The summed E-state index contributed by atoms with van der Waals surface area (Å²) in [6.07, 6.45) is 2.01. The molecule has 1 aromatic heterocycles. The van der Waals surface area contributed by atoms with Crippen LogP contribution >= 0.6 is 0 Å². The summed E-state index contributed by atoms with van der Waals surface area (Å²) in [6.45, 7) is 6.74. The van der Waals surface area contributed by atoms with Gasteiger partial charge in [0.15, 0.2) is 5.60 Å². The summed E-state index contributed by atoms with van der Waals surface area (Å²) in [4.78, 5) is 7.94. The van der Waals surface area contributed by atoms with Crippen molar-refractivity contribution in [2.24, 2.45) is 5.16 Å². The monoisotopic (exact) mass is 235 g/mol. The molecule has 1 saturated heterocycles. The number of hydrogen-bond acceptors (Lipinski definition) is 5. The molecule has 0 radical (unpaired) electrons. The normalized spacial score (nSPS) is 28.7. The fourth-order valence-electron chi connectivity index (χ4n) is 2.71. The molecule has 0 aliphatic carbocycles. The Labute approximate surface area is 100 Å². The first kappa shape index (κ1) is 10.8. The molecular formula is C12H17N3O2. The molecule has 1 aromatic rings. The van der Waals surface area contributed by atoms with E-state index >= 15 is 0 Å². The van der Waals surface area contributed by atoms with Crippen LogP contribution in [0, 0.1) is 6.92 Å². The van der Waals surface area contributed by atoms with Gasteiger partial charge in [-0.3, -0.25) is 4.90 Å². The molecule has 1 atom stereocenters. The molecule has 2 aliphatic rings. The average Bonchev–Trinajstić information content (AvgIpc) is 2.94. The van der Waals surface area contributed by atoms with Gasteiger partial charge in [-0.25, -0.2) is 0 Å². The summed E-state index contributed by atoms with van der Waals surface area (Å²) in [7, 11) is 0. The molecular weight excluding hydrogens is 218 g/mol. The molecule has 5 nitrogen and oxygen atoms in total. The molecule has 0 bridgehead atoms. The number of oxime groups is 1. The van der Waals surface area contributed by atoms with Gasteiger partial charge < -0.3 is 9.36 Å². The second-order valence-electron chi connectivity index (χ2n) is 5.17. The maximum Gasteiger partial charge on any atom is 0.156 e. The highest BCUT2D eigenvalue weighted by atomic mass is 16.7. The van der Waals surface area contributed by atoms with Crippen molar-refractivity contribution in [3.63, 3.8) is 0 Å². The Balaban J connectivity index is 1.61. The lowest BCUT2D eigenvalue weighted by Crippen LogP contribution is -2.33. The Morgan fingerprint density at radius 2 is 2.35 bits per heavy atom. The maximum atomic E-state index is 5.59. The van der Waals surface area contributed by atoms with E-state index in [-0.39, 0.29) is 5.60 Å². The molecule has 0 N–H and O–H groups in total. The van der Waals surface area contributed by atoms with Gasteiger partial charge in [0.25, 0.3) is 0 Å². The van der Waals surface area contributed by atoms with Crippen molar-refractivity contribution in [1.82, 2.24) is 10.1 Å². The van der Waals surface area contributed by atoms with E-state index in [1.807, 2.05) is 19.9 Å². The maximum absolute atomic E-state index is 5.59. The van der Waals surface area contributed by atoms with Crippen molar-refractivity contribution in [2.45, 2.75) is 38.8 Å². The Morgan fingerprint density at radius 1 is 1.47 bits per heavy atom. The molecule has 3 rings (SSSR count). The average molecular weight is 235 g/mol. The van der Waals surface area contributed by atoms with Crippen LogP contribution in [0.4, 0.5) is 0 Å². The van der Waals surface area contributed by atoms with E-state index in [1.54, 1.807) is 0 Å². The van der Waals surface area contributed by atoms with Crippen molar-refractivity contribution < 1.29 is 9.36 Å². The summed E-state index contributed by atoms with van der Waals surface area (Å²) < 4.78 is 5.08. The minimum absolute atomic E-state index is 0.0666. The van der Waals surface area contributed by atoms with Crippen LogP contribution in [0.5, 0.6) is 0 Å². The van der Waals surface area contributed by atoms with Crippen LogP contribution < -0.4 is 0 Å². The van der Waals surface area contributed by atoms with E-state index < -0.39 is 0 Å². The van der Waals surface area contributed by atoms with E-state index in [0.29, 0.717) is 0 Å². The summed E-state index contributed by atoms with van der Waals surface area (Å²) >= 11 is 0. The van der Waals surface area contributed by atoms with Gasteiger partial charge in [-0.1, -0.05) is 10.3 Å². The number of aryl methyl sites for hydroxylation is 1. The molecule has 1 spiro atoms. The first-order valence-corrected chi connectivity index (χ1v) is 6.01. The van der Waals surface area contributed by atoms with Crippen LogP contribution in [0.2, 0.25) is 0 Å². The van der Waals surface area contributed by atoms with Crippen LogP contribution in [0.25, 0.3) is 0 Å². The number of rotatable bonds is 2. The van der Waals surface area contributed by atoms with Gasteiger partial charge in [-0.15, -0.1) is 0 Å². The summed E-state index contributed by atoms with van der Waals surface area (Å²) in [5.41, 5.74) is 2.03. The van der Waals surface area contributed by atoms with Crippen LogP contribution in [-0.4, -0.2) is 34.5 Å². The van der Waals surface area contributed by atoms with Crippen molar-refractivity contribution in [1.29, 1.82) is 0 Å². The molecule has 3 heterocycles. The molecule has 2 aliphatic heterocycles. The van der Waals surface area contributed by atoms with Gasteiger partial charge in [0, 0.05) is 38.5 Å². The Morgan fingerprint density at radius 3 is 3.00 bits per heavy atom. The lowest BCUT2D eigenvalue weighted by Gasteiger charge is -2.21. The Hall–Kier alpha value is -1.36. The highest BCUT2D eigenvalue weighted by Gasteiger charge is 2.44. The molecule has 0 aromatic carbocycles. The van der Waals surface area contributed by atoms with Gasteiger partial charge in [0.05, 0.1) is 11.4 Å². The third-order valence-electron chi connectivity index (χ3n) is 3.43. The standard InChI is InChI=1S/C12H17N3O2/c1-9-6-12(17-13-9)3-4-15(8-12)7-11-5-10(2)16-14-11/h5H,3-4,6-8H2,1-2H3. The van der Waals surface area contributed by atoms with Gasteiger partial charge in [0.1, 0.15) is 5.76 Å². The van der Waals surface area contributed by atoms with Gasteiger partial charge in [-0.05, 0) is 13.8 Å². The van der Waals surface area contributed by atoms with Gasteiger partial charge in [-0.2, -0.15) is 0 Å². The highest BCUT2D eigenvalue weighted by Crippen LogP contribution is 2.34. The van der Waals surface area contributed by atoms with Crippen LogP contribution in [0.3, 0.4) is 0 Å². The van der Waals surface area contributed by atoms with Crippen molar-refractivity contribution in [2.75, 3.05) is 13.1 Å². The molecule has 92 valence electrons. The van der Waals surface area contributed by atoms with E-state index in [4.69, 9.17) is 9.36 Å². The Kier molecular flexibility index (Phi) is 2.43. The fourth-order valence-corrected chi connectivity index (χ4v) is 2.71. The van der Waals surface area contributed by atoms with E-state index in [1.165, 1.54) is 0 Å². The first-order valence-electron chi connectivity index (χ1n) is 6.01. The lowest BCUT2D eigenvalue weighted by atomic mass is 9.97. The van der Waals surface area contributed by atoms with Gasteiger partial charge in [0.2, 0.25) is 0 Å². The van der Waals surface area contributed by atoms with Crippen molar-refractivity contribution >= 4 is 5.71 Å². The van der Waals surface area contributed by atoms with E-state index in [9.17, 15) is 0 Å². The SMILES string of the molecule is CC1=NOC2(CCN(Cc3cc(C)on3)C2)C1. The van der Waals surface area contributed by atoms with Crippen LogP contribution in [-0.2, 0) is 11.4 Å². The topological polar surface area (TPSA) is 50.9 Å². The second kappa shape index (κ2) is 3.84. The minimum atomic E-state index is -0.0666. The molecule has 5 heteroatoms. The quantitative estimate of drug-likeness (QED) is 0.783. The predicted octanol–water partition coefficient (Wildman–Crippen LogP) is 1.72. The third kappa shape index (κ3) is 2.07. The Bertz CT molecular complexity index is 454. The molecule has 17 heavy (non-hydrogen) atoms. The van der Waals surface area contributed by atoms with E-state index in [0.717, 1.165) is 49.6 Å². The van der Waals surface area contributed by atoms with Crippen LogP contribution in [0.1, 0.15) is 31.2 Å². The zero-order chi connectivity index (χ0) is 11.9. The third-order valence-corrected chi connectivity index (χ3v) is 3.43. The number of aromatic nitrogens is 1. The molecule has 1 unspecified atom stereocenters. The summed E-state index contributed by atoms with van der Waals surface area (Å²) in [5, 5.41) is 8.10. The first-order chi connectivity index (χ1) is 8.15. The number of hydrogen-bond donors (Lipinski definition) is 0. The molecule has 0 amide bonds. The van der Waals surface area contributed by atoms with Crippen molar-refractivity contribution in [3.05, 3.63) is 17.5 Å². The molecule has 0 saturated carbocycles. The zero-order valence-corrected chi connectivity index (χ0v) is 10.3. The number of likely N-dealkylation sites (tertiary alicyclic amines) is 1. The summed E-state index contributed by atoms with van der Waals surface area (Å²) in [5.74, 6) is 0.866. The molecule has 1 fully saturated rings. The van der Waals surface area contributed by atoms with Crippen LogP contribution in [0.15, 0.2) is 15.7 Å². The fraction of sp³-hybridized carbons (Fsp3) is 0.667. The number of nitrogens with zero attached hydrogens (tertiary/aromatic N) is 3. The smallest absolute Gasteiger partial charge is 0.156 e. The lowest BCUT2D eigenvalue weighted by molar-refractivity contribution is -0.0106. The minimum Gasteiger partial charge on any atom is -0.387 e. The van der Waals surface area contributed by atoms with E-state index in [2.05, 4.69) is 15.2 Å². The zero-order valence-electron chi connectivity index (χ0n) is 10.3. The van der Waals surface area contributed by atoms with Crippen molar-refractivity contribution in [3.8, 4) is 0 Å². The predicted molar refractivity (Wildman–Crippen MR) is 62.7 cm³/mol. The largest absolute Gasteiger partial charge is 0.387 e. The highest BCUT2D eigenvalue weighted by molar-refractivity contribution is 5.83. The second-order valence-corrected chi connectivity index (χ2v) is 5.17. The summed E-state index contributed by atoms with van der Waals surface area (Å²) in [6, 6.07) is 1.99.